The van der Waals surface area contributed by atoms with Crippen LogP contribution in [0.15, 0.2) is 77.7 Å². The van der Waals surface area contributed by atoms with E-state index in [4.69, 9.17) is 16.6 Å². The quantitative estimate of drug-likeness (QED) is 0.222. The molecule has 27 heavy (non-hydrogen) atoms. The minimum Gasteiger partial charge on any atom is -0.467 e. The van der Waals surface area contributed by atoms with Gasteiger partial charge in [-0.15, -0.1) is 0 Å². The first kappa shape index (κ1) is 18.4. The molecule has 7 nitrogen and oxygen atoms in total. The Morgan fingerprint density at radius 2 is 1.96 bits per heavy atom. The highest BCUT2D eigenvalue weighted by molar-refractivity contribution is 7.80. The second kappa shape index (κ2) is 8.33. The predicted molar refractivity (Wildman–Crippen MR) is 101 cm³/mol. The zero-order chi connectivity index (χ0) is 19.2. The lowest BCUT2D eigenvalue weighted by atomic mass is 10.0. The van der Waals surface area contributed by atoms with Crippen LogP contribution in [0.5, 0.6) is 0 Å². The number of nitro benzene ring substituents is 1. The molecule has 136 valence electrons. The van der Waals surface area contributed by atoms with Gasteiger partial charge in [-0.2, -0.15) is 4.57 Å². The number of rotatable bonds is 7. The summed E-state index contributed by atoms with van der Waals surface area (Å²) in [5.74, 6) is 0.337. The number of nitrogens with one attached hydrogen (secondary N) is 1. The zero-order valence-corrected chi connectivity index (χ0v) is 15.0. The van der Waals surface area contributed by atoms with Crippen LogP contribution < -0.4 is 9.88 Å². The van der Waals surface area contributed by atoms with Gasteiger partial charge in [-0.1, -0.05) is 30.4 Å². The summed E-state index contributed by atoms with van der Waals surface area (Å²) in [5.41, 5.74) is 0.0693. The Bertz CT molecular complexity index is 958. The Hall–Kier alpha value is -3.39. The Morgan fingerprint density at radius 1 is 1.19 bits per heavy atom. The number of aromatic nitrogens is 1. The molecule has 0 unspecified atom stereocenters. The highest BCUT2D eigenvalue weighted by atomic mass is 32.1. The smallest absolute Gasteiger partial charge is 0.270 e. The van der Waals surface area contributed by atoms with E-state index in [0.29, 0.717) is 17.3 Å². The highest BCUT2D eigenvalue weighted by Gasteiger charge is 2.33. The number of nitro groups is 1. The van der Waals surface area contributed by atoms with Crippen molar-refractivity contribution in [2.24, 2.45) is 0 Å². The standard InChI is InChI=1S/C19H15N3O4S/c23-18(14-6-4-7-15(12-14)22(24)25)17(21-9-2-1-3-10-21)19(27)20-13-16-8-5-11-26-16/h1-12,17H,13H2/p+1/t17-/m1/s1. The van der Waals surface area contributed by atoms with E-state index in [2.05, 4.69) is 5.32 Å². The van der Waals surface area contributed by atoms with Gasteiger partial charge in [0.05, 0.1) is 17.7 Å². The monoisotopic (exact) mass is 382 g/mol. The van der Waals surface area contributed by atoms with Crippen LogP contribution in [0.3, 0.4) is 0 Å². The maximum atomic E-state index is 13.1. The molecule has 3 aromatic rings. The fourth-order valence-electron chi connectivity index (χ4n) is 2.59. The van der Waals surface area contributed by atoms with Crippen LogP contribution in [0.2, 0.25) is 0 Å². The van der Waals surface area contributed by atoms with Crippen molar-refractivity contribution in [1.29, 1.82) is 0 Å². The number of thiocarbonyl (C=S) groups is 1. The number of hydrogen-bond acceptors (Lipinski definition) is 5. The molecule has 1 N–H and O–H groups in total. The van der Waals surface area contributed by atoms with E-state index < -0.39 is 11.0 Å². The number of non-ortho nitro benzene ring substituents is 1. The summed E-state index contributed by atoms with van der Waals surface area (Å²) in [4.78, 5) is 23.9. The molecule has 2 aromatic heterocycles. The third-order valence-corrected chi connectivity index (χ3v) is 4.26. The molecule has 0 fully saturated rings. The first-order valence-corrected chi connectivity index (χ1v) is 8.51. The van der Waals surface area contributed by atoms with Gasteiger partial charge in [0.2, 0.25) is 5.78 Å². The van der Waals surface area contributed by atoms with Gasteiger partial charge >= 0.3 is 0 Å². The van der Waals surface area contributed by atoms with Crippen LogP contribution >= 0.6 is 12.2 Å². The second-order valence-corrected chi connectivity index (χ2v) is 6.13. The molecule has 0 saturated carbocycles. The number of hydrogen-bond donors (Lipinski definition) is 1. The van der Waals surface area contributed by atoms with E-state index >= 15 is 0 Å². The lowest BCUT2D eigenvalue weighted by Gasteiger charge is -2.14. The highest BCUT2D eigenvalue weighted by Crippen LogP contribution is 2.17. The van der Waals surface area contributed by atoms with Crippen LogP contribution in [0.1, 0.15) is 22.2 Å². The Balaban J connectivity index is 1.89. The maximum Gasteiger partial charge on any atom is 0.270 e. The molecule has 0 aliphatic heterocycles. The minimum atomic E-state index is -0.835. The summed E-state index contributed by atoms with van der Waals surface area (Å²) >= 11 is 5.46. The zero-order valence-electron chi connectivity index (χ0n) is 14.1. The average Bonchev–Trinajstić information content (AvgIpc) is 3.21. The average molecular weight is 382 g/mol. The van der Waals surface area contributed by atoms with Gasteiger partial charge in [0.1, 0.15) is 5.76 Å². The first-order valence-electron chi connectivity index (χ1n) is 8.11. The van der Waals surface area contributed by atoms with E-state index in [9.17, 15) is 14.9 Å². The van der Waals surface area contributed by atoms with Crippen LogP contribution in [0.4, 0.5) is 5.69 Å². The van der Waals surface area contributed by atoms with Crippen LogP contribution in [-0.4, -0.2) is 15.7 Å². The van der Waals surface area contributed by atoms with Crippen LogP contribution in [0.25, 0.3) is 0 Å². The molecule has 0 radical (unpaired) electrons. The summed E-state index contributed by atoms with van der Waals surface area (Å²) in [6.45, 7) is 0.331. The van der Waals surface area contributed by atoms with Crippen molar-refractivity contribution in [2.45, 2.75) is 12.6 Å². The van der Waals surface area contributed by atoms with Gasteiger partial charge in [0.25, 0.3) is 11.7 Å². The molecule has 0 bridgehead atoms. The molecular formula is C19H16N3O4S+. The van der Waals surface area contributed by atoms with Crippen molar-refractivity contribution in [3.8, 4) is 0 Å². The van der Waals surface area contributed by atoms with Crippen molar-refractivity contribution >= 4 is 28.7 Å². The van der Waals surface area contributed by atoms with Crippen molar-refractivity contribution in [3.63, 3.8) is 0 Å². The maximum absolute atomic E-state index is 13.1. The molecule has 0 saturated heterocycles. The second-order valence-electron chi connectivity index (χ2n) is 5.69. The van der Waals surface area contributed by atoms with E-state index in [0.717, 1.165) is 0 Å². The molecule has 1 atom stereocenters. The predicted octanol–water partition coefficient (Wildman–Crippen LogP) is 3.02. The van der Waals surface area contributed by atoms with Gasteiger partial charge in [-0.05, 0) is 12.1 Å². The van der Waals surface area contributed by atoms with E-state index in [-0.39, 0.29) is 17.0 Å². The fourth-order valence-corrected chi connectivity index (χ4v) is 2.89. The lowest BCUT2D eigenvalue weighted by Crippen LogP contribution is -2.51. The van der Waals surface area contributed by atoms with Gasteiger partial charge in [-0.3, -0.25) is 14.9 Å². The molecular weight excluding hydrogens is 366 g/mol. The Labute approximate surface area is 160 Å². The van der Waals surface area contributed by atoms with Gasteiger partial charge < -0.3 is 9.73 Å². The van der Waals surface area contributed by atoms with Crippen LogP contribution in [0, 0.1) is 10.1 Å². The van der Waals surface area contributed by atoms with E-state index in [1.807, 2.05) is 6.07 Å². The van der Waals surface area contributed by atoms with Crippen molar-refractivity contribution < 1.29 is 18.7 Å². The van der Waals surface area contributed by atoms with Crippen molar-refractivity contribution in [2.75, 3.05) is 0 Å². The molecule has 2 heterocycles. The van der Waals surface area contributed by atoms with Gasteiger partial charge in [0, 0.05) is 29.8 Å². The summed E-state index contributed by atoms with van der Waals surface area (Å²) in [6, 6.07) is 13.7. The Kier molecular flexibility index (Phi) is 5.68. The summed E-state index contributed by atoms with van der Waals surface area (Å²) < 4.78 is 6.93. The molecule has 0 aliphatic rings. The largest absolute Gasteiger partial charge is 0.467 e. The number of carbonyl (C=O) groups is 1. The van der Waals surface area contributed by atoms with Gasteiger partial charge in [-0.25, -0.2) is 0 Å². The lowest BCUT2D eigenvalue weighted by molar-refractivity contribution is -0.692. The van der Waals surface area contributed by atoms with Gasteiger partial charge in [0.15, 0.2) is 17.4 Å². The molecule has 0 aliphatic carbocycles. The van der Waals surface area contributed by atoms with Crippen molar-refractivity contribution in [1.82, 2.24) is 5.32 Å². The first-order chi connectivity index (χ1) is 13.1. The Morgan fingerprint density at radius 3 is 2.63 bits per heavy atom. The third kappa shape index (κ3) is 4.42. The number of pyridine rings is 1. The van der Waals surface area contributed by atoms with E-state index in [1.54, 1.807) is 53.6 Å². The number of Topliss-reactive ketones (excluding diaryl/α,β-unsaturated/α-hetero) is 1. The summed E-state index contributed by atoms with van der Waals surface area (Å²) in [7, 11) is 0. The molecule has 0 amide bonds. The molecule has 0 spiro atoms. The summed E-state index contributed by atoms with van der Waals surface area (Å²) in [6.07, 6.45) is 5.00. The normalized spacial score (nSPS) is 11.6. The minimum absolute atomic E-state index is 0.146. The third-order valence-electron chi connectivity index (χ3n) is 3.89. The number of carbonyl (C=O) groups excluding carboxylic acids is 1. The van der Waals surface area contributed by atoms with E-state index in [1.165, 1.54) is 18.2 Å². The number of furan rings is 1. The molecule has 8 heteroatoms. The van der Waals surface area contributed by atoms with Crippen molar-refractivity contribution in [3.05, 3.63) is 94.7 Å². The number of nitrogens with zero attached hydrogens (tertiary/aromatic N) is 2. The SMILES string of the molecule is O=C(c1cccc([N+](=O)[O-])c1)[C@H](C(=S)NCc1ccco1)[n+]1ccccc1. The fraction of sp³-hybridized carbons (Fsp3) is 0.105. The summed E-state index contributed by atoms with van der Waals surface area (Å²) in [5, 5.41) is 14.1. The molecule has 1 aromatic carbocycles. The molecule has 3 rings (SSSR count). The number of ketones is 1. The van der Waals surface area contributed by atoms with Crippen LogP contribution in [-0.2, 0) is 6.54 Å². The number of benzene rings is 1. The topological polar surface area (TPSA) is 89.3 Å².